The molecule has 1 aliphatic carbocycles. The zero-order valence-electron chi connectivity index (χ0n) is 8.46. The fourth-order valence-electron chi connectivity index (χ4n) is 2.05. The minimum absolute atomic E-state index is 0.0977. The normalized spacial score (nSPS) is 18.5. The van der Waals surface area contributed by atoms with Gasteiger partial charge in [0.25, 0.3) is 0 Å². The van der Waals surface area contributed by atoms with Gasteiger partial charge in [-0.25, -0.2) is 13.6 Å². The van der Waals surface area contributed by atoms with Crippen LogP contribution in [0.3, 0.4) is 0 Å². The molecule has 1 saturated carbocycles. The van der Waals surface area contributed by atoms with Gasteiger partial charge in [-0.1, -0.05) is 12.8 Å². The van der Waals surface area contributed by atoms with E-state index in [0.29, 0.717) is 5.92 Å². The first-order valence-corrected chi connectivity index (χ1v) is 6.65. The van der Waals surface area contributed by atoms with Crippen LogP contribution < -0.4 is 5.14 Å². The predicted molar refractivity (Wildman–Crippen MR) is 55.6 cm³/mol. The Morgan fingerprint density at radius 1 is 1.47 bits per heavy atom. The van der Waals surface area contributed by atoms with E-state index in [2.05, 4.69) is 5.10 Å². The van der Waals surface area contributed by atoms with Crippen molar-refractivity contribution in [1.29, 1.82) is 0 Å². The number of aromatic nitrogens is 2. The average Bonchev–Trinajstić information content (AvgIpc) is 2.73. The summed E-state index contributed by atoms with van der Waals surface area (Å²) in [4.78, 5) is 0.0977. The van der Waals surface area contributed by atoms with Crippen molar-refractivity contribution < 1.29 is 8.42 Å². The van der Waals surface area contributed by atoms with E-state index < -0.39 is 10.0 Å². The third-order valence-corrected chi connectivity index (χ3v) is 3.73. The Kier molecular flexibility index (Phi) is 2.79. The molecule has 1 fully saturated rings. The molecule has 1 aromatic rings. The van der Waals surface area contributed by atoms with Crippen molar-refractivity contribution in [3.8, 4) is 0 Å². The minimum atomic E-state index is -3.60. The number of sulfonamides is 1. The largest absolute Gasteiger partial charge is 0.271 e. The van der Waals surface area contributed by atoms with E-state index in [4.69, 9.17) is 5.14 Å². The van der Waals surface area contributed by atoms with Crippen LogP contribution in [-0.2, 0) is 16.6 Å². The van der Waals surface area contributed by atoms with Gasteiger partial charge in [0.15, 0.2) is 0 Å². The van der Waals surface area contributed by atoms with Crippen molar-refractivity contribution in [1.82, 2.24) is 9.78 Å². The van der Waals surface area contributed by atoms with Gasteiger partial charge in [0.2, 0.25) is 10.0 Å². The SMILES string of the molecule is NS(=O)(=O)c1cnn(CC2CCCC2)c1. The molecule has 1 aromatic heterocycles. The Morgan fingerprint density at radius 3 is 2.67 bits per heavy atom. The van der Waals surface area contributed by atoms with Gasteiger partial charge in [0, 0.05) is 12.7 Å². The summed E-state index contributed by atoms with van der Waals surface area (Å²) in [5.74, 6) is 0.637. The second-order valence-corrected chi connectivity index (χ2v) is 5.65. The van der Waals surface area contributed by atoms with Crippen molar-refractivity contribution in [3.05, 3.63) is 12.4 Å². The van der Waals surface area contributed by atoms with Crippen molar-refractivity contribution in [2.45, 2.75) is 37.1 Å². The Balaban J connectivity index is 2.07. The maximum absolute atomic E-state index is 11.0. The third kappa shape index (κ3) is 2.57. The molecule has 84 valence electrons. The fourth-order valence-corrected chi connectivity index (χ4v) is 2.51. The van der Waals surface area contributed by atoms with Crippen LogP contribution in [-0.4, -0.2) is 18.2 Å². The molecule has 0 saturated heterocycles. The van der Waals surface area contributed by atoms with E-state index in [1.165, 1.54) is 38.1 Å². The number of nitrogens with two attached hydrogens (primary N) is 1. The Hall–Kier alpha value is -0.880. The first kappa shape index (κ1) is 10.6. The van der Waals surface area contributed by atoms with E-state index in [0.717, 1.165) is 6.54 Å². The summed E-state index contributed by atoms with van der Waals surface area (Å²) >= 11 is 0. The number of hydrogen-bond acceptors (Lipinski definition) is 3. The lowest BCUT2D eigenvalue weighted by molar-refractivity contribution is 0.428. The maximum Gasteiger partial charge on any atom is 0.241 e. The Morgan fingerprint density at radius 2 is 2.13 bits per heavy atom. The summed E-state index contributed by atoms with van der Waals surface area (Å²) in [7, 11) is -3.60. The molecular formula is C9H15N3O2S. The van der Waals surface area contributed by atoms with E-state index in [1.807, 2.05) is 0 Å². The van der Waals surface area contributed by atoms with Gasteiger partial charge in [-0.15, -0.1) is 0 Å². The molecule has 1 heterocycles. The molecule has 0 aliphatic heterocycles. The molecule has 2 rings (SSSR count). The second-order valence-electron chi connectivity index (χ2n) is 4.09. The quantitative estimate of drug-likeness (QED) is 0.829. The number of primary sulfonamides is 1. The molecule has 0 amide bonds. The summed E-state index contributed by atoms with van der Waals surface area (Å²) in [5, 5.41) is 9.00. The molecule has 0 spiro atoms. The summed E-state index contributed by atoms with van der Waals surface area (Å²) in [6, 6.07) is 0. The van der Waals surface area contributed by atoms with E-state index in [1.54, 1.807) is 4.68 Å². The second kappa shape index (κ2) is 3.94. The molecule has 0 atom stereocenters. The smallest absolute Gasteiger partial charge is 0.241 e. The zero-order chi connectivity index (χ0) is 10.9. The lowest BCUT2D eigenvalue weighted by Gasteiger charge is -2.07. The van der Waals surface area contributed by atoms with Gasteiger partial charge in [0.1, 0.15) is 4.90 Å². The standard InChI is InChI=1S/C9H15N3O2S/c10-15(13,14)9-5-11-12(7-9)6-8-3-1-2-4-8/h5,7-8H,1-4,6H2,(H2,10,13,14). The lowest BCUT2D eigenvalue weighted by atomic mass is 10.1. The summed E-state index contributed by atoms with van der Waals surface area (Å²) in [6.07, 6.45) is 7.79. The molecule has 5 nitrogen and oxygen atoms in total. The lowest BCUT2D eigenvalue weighted by Crippen LogP contribution is -2.11. The van der Waals surface area contributed by atoms with Gasteiger partial charge < -0.3 is 0 Å². The maximum atomic E-state index is 11.0. The van der Waals surface area contributed by atoms with Crippen LogP contribution in [0.1, 0.15) is 25.7 Å². The van der Waals surface area contributed by atoms with Crippen molar-refractivity contribution in [3.63, 3.8) is 0 Å². The topological polar surface area (TPSA) is 78.0 Å². The highest BCUT2D eigenvalue weighted by atomic mass is 32.2. The molecule has 0 bridgehead atoms. The van der Waals surface area contributed by atoms with Gasteiger partial charge in [-0.3, -0.25) is 4.68 Å². The van der Waals surface area contributed by atoms with Crippen LogP contribution in [0.2, 0.25) is 0 Å². The van der Waals surface area contributed by atoms with E-state index in [9.17, 15) is 8.42 Å². The first-order chi connectivity index (χ1) is 7.05. The number of hydrogen-bond donors (Lipinski definition) is 1. The molecule has 0 aromatic carbocycles. The third-order valence-electron chi connectivity index (χ3n) is 2.86. The van der Waals surface area contributed by atoms with Crippen molar-refractivity contribution >= 4 is 10.0 Å². The van der Waals surface area contributed by atoms with Crippen molar-refractivity contribution in [2.75, 3.05) is 0 Å². The highest BCUT2D eigenvalue weighted by Crippen LogP contribution is 2.26. The summed E-state index contributed by atoms with van der Waals surface area (Å²) in [6.45, 7) is 0.801. The van der Waals surface area contributed by atoms with Crippen molar-refractivity contribution in [2.24, 2.45) is 11.1 Å². The van der Waals surface area contributed by atoms with Gasteiger partial charge in [-0.2, -0.15) is 5.10 Å². The molecule has 6 heteroatoms. The predicted octanol–water partition coefficient (Wildman–Crippen LogP) is 0.721. The highest BCUT2D eigenvalue weighted by molar-refractivity contribution is 7.89. The van der Waals surface area contributed by atoms with Crippen LogP contribution in [0, 0.1) is 5.92 Å². The summed E-state index contributed by atoms with van der Waals surface area (Å²) in [5.41, 5.74) is 0. The first-order valence-electron chi connectivity index (χ1n) is 5.11. The molecule has 2 N–H and O–H groups in total. The molecule has 0 radical (unpaired) electrons. The van der Waals surface area contributed by atoms with E-state index in [-0.39, 0.29) is 4.90 Å². The fraction of sp³-hybridized carbons (Fsp3) is 0.667. The molecule has 15 heavy (non-hydrogen) atoms. The Labute approximate surface area is 89.3 Å². The average molecular weight is 229 g/mol. The van der Waals surface area contributed by atoms with Crippen LogP contribution >= 0.6 is 0 Å². The number of rotatable bonds is 3. The summed E-state index contributed by atoms with van der Waals surface area (Å²) < 4.78 is 23.7. The highest BCUT2D eigenvalue weighted by Gasteiger charge is 2.17. The zero-order valence-corrected chi connectivity index (χ0v) is 9.28. The van der Waals surface area contributed by atoms with Crippen LogP contribution in [0.25, 0.3) is 0 Å². The molecule has 0 unspecified atom stereocenters. The monoisotopic (exact) mass is 229 g/mol. The molecular weight excluding hydrogens is 214 g/mol. The van der Waals surface area contributed by atoms with Gasteiger partial charge in [-0.05, 0) is 18.8 Å². The van der Waals surface area contributed by atoms with Crippen LogP contribution in [0.4, 0.5) is 0 Å². The minimum Gasteiger partial charge on any atom is -0.271 e. The number of nitrogens with zero attached hydrogens (tertiary/aromatic N) is 2. The van der Waals surface area contributed by atoms with Crippen LogP contribution in [0.5, 0.6) is 0 Å². The van der Waals surface area contributed by atoms with Gasteiger partial charge in [0.05, 0.1) is 6.20 Å². The Bertz CT molecular complexity index is 432. The van der Waals surface area contributed by atoms with E-state index >= 15 is 0 Å². The van der Waals surface area contributed by atoms with Crippen LogP contribution in [0.15, 0.2) is 17.3 Å². The van der Waals surface area contributed by atoms with Gasteiger partial charge >= 0.3 is 0 Å². The molecule has 1 aliphatic rings.